The van der Waals surface area contributed by atoms with Gasteiger partial charge in [-0.1, -0.05) is 31.4 Å². The Morgan fingerprint density at radius 2 is 1.90 bits per heavy atom. The van der Waals surface area contributed by atoms with Crippen LogP contribution >= 0.6 is 0 Å². The zero-order chi connectivity index (χ0) is 21.0. The maximum Gasteiger partial charge on any atom is 0.263 e. The lowest BCUT2D eigenvalue weighted by Crippen LogP contribution is -2.51. The van der Waals surface area contributed by atoms with E-state index in [1.54, 1.807) is 23.3 Å². The molecule has 1 fully saturated rings. The lowest BCUT2D eigenvalue weighted by atomic mass is 9.95. The second-order valence-electron chi connectivity index (χ2n) is 8.11. The molecular weight excluding hydrogens is 392 g/mol. The summed E-state index contributed by atoms with van der Waals surface area (Å²) in [6.45, 7) is 0.951. The number of rotatable bonds is 5. The average Bonchev–Trinajstić information content (AvgIpc) is 3.35. The van der Waals surface area contributed by atoms with Crippen molar-refractivity contribution in [2.75, 3.05) is 11.4 Å². The van der Waals surface area contributed by atoms with E-state index >= 15 is 0 Å². The van der Waals surface area contributed by atoms with E-state index < -0.39 is 6.10 Å². The van der Waals surface area contributed by atoms with Gasteiger partial charge < -0.3 is 15.0 Å². The number of ether oxygens (including phenoxy) is 1. The highest BCUT2D eigenvalue weighted by Crippen LogP contribution is 2.34. The molecule has 1 aliphatic heterocycles. The van der Waals surface area contributed by atoms with Crippen molar-refractivity contribution in [1.29, 1.82) is 0 Å². The number of hydrogen-bond donors (Lipinski definition) is 1. The SMILES string of the molecule is O=C(NC1CCCCC1)C1CN(Cc2ncc(-n3cccn3)cn2)c2ccccc2O1. The van der Waals surface area contributed by atoms with Gasteiger partial charge >= 0.3 is 0 Å². The molecule has 2 aromatic heterocycles. The van der Waals surface area contributed by atoms with Crippen LogP contribution in [-0.2, 0) is 11.3 Å². The van der Waals surface area contributed by atoms with E-state index in [4.69, 9.17) is 4.74 Å². The second-order valence-corrected chi connectivity index (χ2v) is 8.11. The third-order valence-electron chi connectivity index (χ3n) is 5.90. The van der Waals surface area contributed by atoms with Crippen molar-refractivity contribution in [1.82, 2.24) is 25.1 Å². The van der Waals surface area contributed by atoms with Crippen LogP contribution in [0.5, 0.6) is 5.75 Å². The van der Waals surface area contributed by atoms with Crippen LogP contribution in [0.1, 0.15) is 37.9 Å². The van der Waals surface area contributed by atoms with E-state index in [9.17, 15) is 4.79 Å². The highest BCUT2D eigenvalue weighted by Gasteiger charge is 2.32. The van der Waals surface area contributed by atoms with E-state index in [2.05, 4.69) is 25.3 Å². The van der Waals surface area contributed by atoms with E-state index in [-0.39, 0.29) is 11.9 Å². The summed E-state index contributed by atoms with van der Waals surface area (Å²) in [5.41, 5.74) is 1.75. The Bertz CT molecular complexity index is 1010. The molecule has 1 aliphatic carbocycles. The molecule has 1 unspecified atom stereocenters. The van der Waals surface area contributed by atoms with E-state index in [0.29, 0.717) is 24.7 Å². The van der Waals surface area contributed by atoms with Crippen molar-refractivity contribution < 1.29 is 9.53 Å². The first-order valence-corrected chi connectivity index (χ1v) is 10.9. The van der Waals surface area contributed by atoms with Gasteiger partial charge in [-0.2, -0.15) is 5.10 Å². The molecule has 160 valence electrons. The minimum absolute atomic E-state index is 0.0404. The number of nitrogens with zero attached hydrogens (tertiary/aromatic N) is 5. The highest BCUT2D eigenvalue weighted by molar-refractivity contribution is 5.83. The number of para-hydroxylation sites is 2. The Balaban J connectivity index is 1.31. The van der Waals surface area contributed by atoms with Gasteiger partial charge in [0.15, 0.2) is 6.10 Å². The number of aromatic nitrogens is 4. The molecule has 0 radical (unpaired) electrons. The van der Waals surface area contributed by atoms with Crippen molar-refractivity contribution in [3.8, 4) is 11.4 Å². The fraction of sp³-hybridized carbons (Fsp3) is 0.391. The van der Waals surface area contributed by atoms with Crippen molar-refractivity contribution in [2.24, 2.45) is 0 Å². The van der Waals surface area contributed by atoms with Gasteiger partial charge in [0.05, 0.1) is 31.2 Å². The maximum atomic E-state index is 12.9. The molecule has 5 rings (SSSR count). The molecular formula is C23H26N6O2. The zero-order valence-electron chi connectivity index (χ0n) is 17.4. The van der Waals surface area contributed by atoms with E-state index in [1.165, 1.54) is 19.3 Å². The molecule has 3 aromatic rings. The molecule has 31 heavy (non-hydrogen) atoms. The van der Waals surface area contributed by atoms with Gasteiger partial charge in [-0.15, -0.1) is 0 Å². The largest absolute Gasteiger partial charge is 0.477 e. The molecule has 0 spiro atoms. The van der Waals surface area contributed by atoms with Gasteiger partial charge in [0, 0.05) is 18.4 Å². The summed E-state index contributed by atoms with van der Waals surface area (Å²) in [6, 6.07) is 9.92. The summed E-state index contributed by atoms with van der Waals surface area (Å²) in [5, 5.41) is 7.40. The minimum atomic E-state index is -0.555. The van der Waals surface area contributed by atoms with Crippen LogP contribution in [0.4, 0.5) is 5.69 Å². The summed E-state index contributed by atoms with van der Waals surface area (Å²) >= 11 is 0. The Labute approximate surface area is 181 Å². The Morgan fingerprint density at radius 1 is 1.10 bits per heavy atom. The molecule has 3 heterocycles. The summed E-state index contributed by atoms with van der Waals surface area (Å²) in [7, 11) is 0. The molecule has 1 aromatic carbocycles. The van der Waals surface area contributed by atoms with Crippen LogP contribution in [0.2, 0.25) is 0 Å². The molecule has 1 amide bonds. The lowest BCUT2D eigenvalue weighted by Gasteiger charge is -2.36. The van der Waals surface area contributed by atoms with Gasteiger partial charge in [-0.3, -0.25) is 4.79 Å². The van der Waals surface area contributed by atoms with Gasteiger partial charge in [0.2, 0.25) is 0 Å². The highest BCUT2D eigenvalue weighted by atomic mass is 16.5. The predicted molar refractivity (Wildman–Crippen MR) is 116 cm³/mol. The Kier molecular flexibility index (Phi) is 5.52. The van der Waals surface area contributed by atoms with Gasteiger partial charge in [0.25, 0.3) is 5.91 Å². The number of carbonyl (C=O) groups excluding carboxylic acids is 1. The molecule has 0 bridgehead atoms. The molecule has 1 saturated carbocycles. The van der Waals surface area contributed by atoms with Crippen molar-refractivity contribution in [3.63, 3.8) is 0 Å². The molecule has 1 N–H and O–H groups in total. The number of hydrogen-bond acceptors (Lipinski definition) is 6. The summed E-state index contributed by atoms with van der Waals surface area (Å²) in [5.74, 6) is 1.35. The normalized spacial score (nSPS) is 18.8. The smallest absolute Gasteiger partial charge is 0.263 e. The second kappa shape index (κ2) is 8.75. The van der Waals surface area contributed by atoms with Crippen molar-refractivity contribution in [2.45, 2.75) is 50.8 Å². The molecule has 8 nitrogen and oxygen atoms in total. The van der Waals surface area contributed by atoms with Crippen LogP contribution < -0.4 is 15.0 Å². The lowest BCUT2D eigenvalue weighted by molar-refractivity contribution is -0.128. The van der Waals surface area contributed by atoms with E-state index in [0.717, 1.165) is 24.2 Å². The number of carbonyl (C=O) groups is 1. The summed E-state index contributed by atoms with van der Waals surface area (Å²) < 4.78 is 7.79. The first-order chi connectivity index (χ1) is 15.3. The van der Waals surface area contributed by atoms with Gasteiger partial charge in [-0.05, 0) is 31.0 Å². The van der Waals surface area contributed by atoms with Gasteiger partial charge in [0.1, 0.15) is 17.3 Å². The summed E-state index contributed by atoms with van der Waals surface area (Å²) in [4.78, 5) is 24.1. The third kappa shape index (κ3) is 4.38. The molecule has 1 atom stereocenters. The Morgan fingerprint density at radius 3 is 2.68 bits per heavy atom. The number of anilines is 1. The fourth-order valence-electron chi connectivity index (χ4n) is 4.27. The fourth-order valence-corrected chi connectivity index (χ4v) is 4.27. The summed E-state index contributed by atoms with van der Waals surface area (Å²) in [6.07, 6.45) is 12.2. The van der Waals surface area contributed by atoms with Crippen molar-refractivity contribution in [3.05, 3.63) is 60.9 Å². The monoisotopic (exact) mass is 418 g/mol. The van der Waals surface area contributed by atoms with Crippen LogP contribution in [-0.4, -0.2) is 44.3 Å². The number of amides is 1. The molecule has 2 aliphatic rings. The van der Waals surface area contributed by atoms with E-state index in [1.807, 2.05) is 36.5 Å². The predicted octanol–water partition coefficient (Wildman–Crippen LogP) is 2.88. The zero-order valence-corrected chi connectivity index (χ0v) is 17.4. The first kappa shape index (κ1) is 19.5. The first-order valence-electron chi connectivity index (χ1n) is 10.9. The topological polar surface area (TPSA) is 85.2 Å². The Hall–Kier alpha value is -3.42. The van der Waals surface area contributed by atoms with Crippen LogP contribution in [0.25, 0.3) is 5.69 Å². The maximum absolute atomic E-state index is 12.9. The minimum Gasteiger partial charge on any atom is -0.477 e. The number of nitrogens with one attached hydrogen (secondary N) is 1. The number of benzene rings is 1. The standard InChI is InChI=1S/C23H26N6O2/c30-23(27-17-7-2-1-3-8-17)21-15-28(19-9-4-5-10-20(19)31-21)16-22-24-13-18(14-25-22)29-12-6-11-26-29/h4-6,9-14,17,21H,1-3,7-8,15-16H2,(H,27,30). The quantitative estimate of drug-likeness (QED) is 0.686. The van der Waals surface area contributed by atoms with Crippen LogP contribution in [0.15, 0.2) is 55.1 Å². The molecule has 0 saturated heterocycles. The third-order valence-corrected chi connectivity index (χ3v) is 5.90. The molecule has 8 heteroatoms. The van der Waals surface area contributed by atoms with Crippen LogP contribution in [0, 0.1) is 0 Å². The number of fused-ring (bicyclic) bond motifs is 1. The van der Waals surface area contributed by atoms with Crippen molar-refractivity contribution >= 4 is 11.6 Å². The van der Waals surface area contributed by atoms with Crippen LogP contribution in [0.3, 0.4) is 0 Å². The average molecular weight is 419 g/mol. The van der Waals surface area contributed by atoms with Gasteiger partial charge in [-0.25, -0.2) is 14.6 Å².